The van der Waals surface area contributed by atoms with Crippen LogP contribution in [0, 0.1) is 5.92 Å². The lowest BCUT2D eigenvalue weighted by atomic mass is 9.92. The molecule has 0 bridgehead atoms. The van der Waals surface area contributed by atoms with Crippen LogP contribution >= 0.6 is 0 Å². The lowest BCUT2D eigenvalue weighted by Crippen LogP contribution is -2.54. The van der Waals surface area contributed by atoms with E-state index >= 15 is 0 Å². The monoisotopic (exact) mass is 191 g/mol. The van der Waals surface area contributed by atoms with Crippen molar-refractivity contribution in [1.29, 1.82) is 0 Å². The van der Waals surface area contributed by atoms with Gasteiger partial charge in [0.15, 0.2) is 0 Å². The van der Waals surface area contributed by atoms with Crippen molar-refractivity contribution in [3.63, 3.8) is 0 Å². The molecule has 1 saturated heterocycles. The molecule has 0 N–H and O–H groups in total. The largest absolute Gasteiger partial charge is 0.299 e. The molecule has 1 rings (SSSR count). The first kappa shape index (κ1) is 9.99. The highest BCUT2D eigenvalue weighted by atomic mass is 32.2. The zero-order chi connectivity index (χ0) is 9.35. The van der Waals surface area contributed by atoms with Gasteiger partial charge in [-0.05, 0) is 12.8 Å². The predicted octanol–water partition coefficient (Wildman–Crippen LogP) is 0.371. The van der Waals surface area contributed by atoms with Gasteiger partial charge in [0.25, 0.3) is 0 Å². The summed E-state index contributed by atoms with van der Waals surface area (Å²) in [6.07, 6.45) is 1.29. The molecule has 1 heterocycles. The molecule has 1 aliphatic rings. The second kappa shape index (κ2) is 3.34. The molecule has 0 saturated carbocycles. The zero-order valence-corrected chi connectivity index (χ0v) is 8.76. The number of hydrogen-bond donors (Lipinski definition) is 0. The van der Waals surface area contributed by atoms with Crippen LogP contribution in [0.25, 0.3) is 0 Å². The lowest BCUT2D eigenvalue weighted by molar-refractivity contribution is 0.0452. The SMILES string of the molecule is CC1CN(CCS(C)(=O)=O)C1C. The Bertz CT molecular complexity index is 248. The molecule has 0 aromatic rings. The van der Waals surface area contributed by atoms with Crippen molar-refractivity contribution in [3.05, 3.63) is 0 Å². The molecular formula is C8H17NO2S. The summed E-state index contributed by atoms with van der Waals surface area (Å²) in [7, 11) is -2.78. The highest BCUT2D eigenvalue weighted by Gasteiger charge is 2.31. The molecule has 0 aliphatic carbocycles. The fraction of sp³-hybridized carbons (Fsp3) is 1.00. The minimum atomic E-state index is -2.78. The number of nitrogens with zero attached hydrogens (tertiary/aromatic N) is 1. The number of hydrogen-bond acceptors (Lipinski definition) is 3. The predicted molar refractivity (Wildman–Crippen MR) is 49.9 cm³/mol. The van der Waals surface area contributed by atoms with Gasteiger partial charge in [-0.2, -0.15) is 0 Å². The van der Waals surface area contributed by atoms with Crippen LogP contribution in [0.2, 0.25) is 0 Å². The van der Waals surface area contributed by atoms with Crippen LogP contribution in [0.5, 0.6) is 0 Å². The van der Waals surface area contributed by atoms with Crippen molar-refractivity contribution >= 4 is 9.84 Å². The van der Waals surface area contributed by atoms with Gasteiger partial charge in [-0.25, -0.2) is 8.42 Å². The van der Waals surface area contributed by atoms with Crippen LogP contribution in [-0.4, -0.2) is 44.5 Å². The Balaban J connectivity index is 2.27. The van der Waals surface area contributed by atoms with Gasteiger partial charge in [0, 0.05) is 25.4 Å². The summed E-state index contributed by atoms with van der Waals surface area (Å²) in [5, 5.41) is 0. The maximum atomic E-state index is 10.8. The molecule has 0 amide bonds. The molecule has 4 heteroatoms. The van der Waals surface area contributed by atoms with E-state index in [-0.39, 0.29) is 0 Å². The van der Waals surface area contributed by atoms with Gasteiger partial charge in [-0.3, -0.25) is 4.90 Å². The summed E-state index contributed by atoms with van der Waals surface area (Å²) in [6, 6.07) is 0.562. The molecule has 0 aromatic carbocycles. The summed E-state index contributed by atoms with van der Waals surface area (Å²) >= 11 is 0. The summed E-state index contributed by atoms with van der Waals surface area (Å²) in [5.41, 5.74) is 0. The van der Waals surface area contributed by atoms with E-state index in [1.807, 2.05) is 0 Å². The maximum Gasteiger partial charge on any atom is 0.148 e. The van der Waals surface area contributed by atoms with Crippen LogP contribution < -0.4 is 0 Å². The first-order chi connectivity index (χ1) is 5.40. The summed E-state index contributed by atoms with van der Waals surface area (Å²) in [5.74, 6) is 1.02. The van der Waals surface area contributed by atoms with E-state index in [0.717, 1.165) is 12.5 Å². The molecule has 3 nitrogen and oxygen atoms in total. The normalized spacial score (nSPS) is 31.6. The van der Waals surface area contributed by atoms with E-state index in [2.05, 4.69) is 18.7 Å². The number of rotatable bonds is 3. The van der Waals surface area contributed by atoms with Gasteiger partial charge in [0.1, 0.15) is 9.84 Å². The van der Waals surface area contributed by atoms with Crippen LogP contribution in [-0.2, 0) is 9.84 Å². The third-order valence-corrected chi connectivity index (χ3v) is 3.60. The van der Waals surface area contributed by atoms with Gasteiger partial charge in [0.2, 0.25) is 0 Å². The summed E-state index contributed by atoms with van der Waals surface area (Å²) < 4.78 is 21.7. The first-order valence-corrected chi connectivity index (χ1v) is 6.38. The molecular weight excluding hydrogens is 174 g/mol. The number of likely N-dealkylation sites (tertiary alicyclic amines) is 1. The molecule has 2 unspecified atom stereocenters. The van der Waals surface area contributed by atoms with E-state index in [9.17, 15) is 8.42 Å². The van der Waals surface area contributed by atoms with Crippen molar-refractivity contribution in [1.82, 2.24) is 4.90 Å². The number of sulfone groups is 1. The standard InChI is InChI=1S/C8H17NO2S/c1-7-6-9(8(7)2)4-5-12(3,10)11/h7-8H,4-6H2,1-3H3. The fourth-order valence-electron chi connectivity index (χ4n) is 1.49. The maximum absolute atomic E-state index is 10.8. The van der Waals surface area contributed by atoms with E-state index < -0.39 is 9.84 Å². The van der Waals surface area contributed by atoms with Gasteiger partial charge in [-0.15, -0.1) is 0 Å². The van der Waals surface area contributed by atoms with E-state index in [1.54, 1.807) is 0 Å². The molecule has 1 fully saturated rings. The molecule has 0 radical (unpaired) electrons. The Labute approximate surface area is 74.7 Å². The minimum absolute atomic E-state index is 0.296. The van der Waals surface area contributed by atoms with Crippen molar-refractivity contribution in [3.8, 4) is 0 Å². The van der Waals surface area contributed by atoms with Gasteiger partial charge >= 0.3 is 0 Å². The Morgan fingerprint density at radius 3 is 2.33 bits per heavy atom. The van der Waals surface area contributed by atoms with Crippen LogP contribution in [0.3, 0.4) is 0 Å². The average Bonchev–Trinajstić information content (AvgIpc) is 1.95. The quantitative estimate of drug-likeness (QED) is 0.647. The molecule has 2 atom stereocenters. The van der Waals surface area contributed by atoms with E-state index in [1.165, 1.54) is 6.26 Å². The summed E-state index contributed by atoms with van der Waals surface area (Å²) in [4.78, 5) is 2.21. The molecule has 0 spiro atoms. The Morgan fingerprint density at radius 2 is 2.00 bits per heavy atom. The van der Waals surface area contributed by atoms with Crippen molar-refractivity contribution < 1.29 is 8.42 Å². The molecule has 72 valence electrons. The fourth-order valence-corrected chi connectivity index (χ4v) is 2.05. The van der Waals surface area contributed by atoms with Crippen molar-refractivity contribution in [2.45, 2.75) is 19.9 Å². The third kappa shape index (κ3) is 2.45. The Hall–Kier alpha value is -0.0900. The van der Waals surface area contributed by atoms with Crippen molar-refractivity contribution in [2.24, 2.45) is 5.92 Å². The smallest absolute Gasteiger partial charge is 0.148 e. The second-order valence-corrected chi connectivity index (χ2v) is 6.10. The van der Waals surface area contributed by atoms with Crippen molar-refractivity contribution in [2.75, 3.05) is 25.1 Å². The third-order valence-electron chi connectivity index (χ3n) is 2.67. The highest BCUT2D eigenvalue weighted by Crippen LogP contribution is 2.22. The summed E-state index contributed by atoms with van der Waals surface area (Å²) in [6.45, 7) is 6.10. The lowest BCUT2D eigenvalue weighted by Gasteiger charge is -2.44. The zero-order valence-electron chi connectivity index (χ0n) is 7.95. The molecule has 1 aliphatic heterocycles. The van der Waals surface area contributed by atoms with Gasteiger partial charge < -0.3 is 0 Å². The van der Waals surface area contributed by atoms with Crippen LogP contribution in [0.4, 0.5) is 0 Å². The van der Waals surface area contributed by atoms with E-state index in [4.69, 9.17) is 0 Å². The van der Waals surface area contributed by atoms with Crippen LogP contribution in [0.15, 0.2) is 0 Å². The highest BCUT2D eigenvalue weighted by molar-refractivity contribution is 7.90. The van der Waals surface area contributed by atoms with Gasteiger partial charge in [0.05, 0.1) is 5.75 Å². The van der Waals surface area contributed by atoms with Gasteiger partial charge in [-0.1, -0.05) is 6.92 Å². The topological polar surface area (TPSA) is 37.4 Å². The average molecular weight is 191 g/mol. The second-order valence-electron chi connectivity index (χ2n) is 3.84. The molecule has 12 heavy (non-hydrogen) atoms. The van der Waals surface area contributed by atoms with E-state index in [0.29, 0.717) is 18.3 Å². The van der Waals surface area contributed by atoms with Crippen LogP contribution in [0.1, 0.15) is 13.8 Å². The minimum Gasteiger partial charge on any atom is -0.299 e. The molecule has 0 aromatic heterocycles. The Morgan fingerprint density at radius 1 is 1.42 bits per heavy atom. The first-order valence-electron chi connectivity index (χ1n) is 4.32. The Kier molecular flexibility index (Phi) is 2.78.